The molecule has 2 heterocycles. The van der Waals surface area contributed by atoms with Crippen LogP contribution in [0.2, 0.25) is 0 Å². The molecule has 4 atom stereocenters. The van der Waals surface area contributed by atoms with Crippen molar-refractivity contribution in [2.75, 3.05) is 0 Å². The van der Waals surface area contributed by atoms with Gasteiger partial charge in [-0.05, 0) is 84.6 Å². The summed E-state index contributed by atoms with van der Waals surface area (Å²) in [5.41, 5.74) is 3.96. The quantitative estimate of drug-likeness (QED) is 0.234. The summed E-state index contributed by atoms with van der Waals surface area (Å²) in [6.07, 6.45) is 1.13. The molecule has 1 aromatic rings. The Hall–Kier alpha value is -0.777. The van der Waals surface area contributed by atoms with Crippen molar-refractivity contribution in [2.45, 2.75) is 114 Å². The molecule has 0 unspecified atom stereocenters. The van der Waals surface area contributed by atoms with Crippen LogP contribution in [0.3, 0.4) is 0 Å². The van der Waals surface area contributed by atoms with Gasteiger partial charge in [-0.3, -0.25) is 0 Å². The zero-order chi connectivity index (χ0) is 29.3. The molecule has 0 bridgehead atoms. The Balaban J connectivity index is 0.000000801. The Morgan fingerprint density at radius 2 is 0.872 bits per heavy atom. The molecule has 0 aliphatic carbocycles. The van der Waals surface area contributed by atoms with E-state index in [1.54, 1.807) is 0 Å². The van der Waals surface area contributed by atoms with Crippen LogP contribution in [0.4, 0.5) is 26.3 Å². The van der Waals surface area contributed by atoms with E-state index < -0.39 is 24.3 Å². The summed E-state index contributed by atoms with van der Waals surface area (Å²) >= 11 is 0. The minimum Gasteiger partial charge on any atom is -0.542 e. The van der Waals surface area contributed by atoms with Gasteiger partial charge in [0.1, 0.15) is 11.9 Å². The van der Waals surface area contributed by atoms with Crippen LogP contribution in [-0.2, 0) is 29.1 Å². The molecular weight excluding hydrogens is 653 g/mol. The summed E-state index contributed by atoms with van der Waals surface area (Å²) < 4.78 is 63.1. The van der Waals surface area contributed by atoms with Gasteiger partial charge in [-0.2, -0.15) is 26.3 Å². The molecule has 224 valence electrons. The predicted molar refractivity (Wildman–Crippen MR) is 136 cm³/mol. The molecule has 3 rings (SSSR count). The van der Waals surface area contributed by atoms with E-state index in [0.717, 1.165) is 22.6 Å². The molecule has 0 N–H and O–H groups in total. The van der Waals surface area contributed by atoms with Gasteiger partial charge in [0.2, 0.25) is 0 Å². The summed E-state index contributed by atoms with van der Waals surface area (Å²) in [7, 11) is 0.128. The van der Waals surface area contributed by atoms with Crippen molar-refractivity contribution in [3.8, 4) is 0 Å². The van der Waals surface area contributed by atoms with E-state index in [2.05, 4.69) is 52.0 Å². The fourth-order valence-corrected chi connectivity index (χ4v) is 13.1. The third kappa shape index (κ3) is 11.2. The maximum atomic E-state index is 10.5. The van der Waals surface area contributed by atoms with Crippen LogP contribution in [0.25, 0.3) is 0 Å². The molecule has 39 heavy (non-hydrogen) atoms. The van der Waals surface area contributed by atoms with Crippen LogP contribution >= 0.6 is 15.8 Å². The number of rotatable bonds is 6. The van der Waals surface area contributed by atoms with E-state index in [1.165, 1.54) is 51.4 Å². The smallest absolute Gasteiger partial charge is 0.542 e. The number of hydrogen-bond donors (Lipinski definition) is 0. The van der Waals surface area contributed by atoms with Gasteiger partial charge in [-0.1, -0.05) is 67.8 Å². The molecule has 2 fully saturated rings. The Morgan fingerprint density at radius 3 is 1.03 bits per heavy atom. The molecule has 0 spiro atoms. The second-order valence-electron chi connectivity index (χ2n) is 9.28. The standard InChI is InChI=1S/C22H36P2.2C2HF3O2.Ru/c1-5-17-13-14-18(6-2)23(17)21-11-9-10-12-22(21)24-19(7-3)15-16-20(24)8-4;2*3-2(4,5)1(6)7;/h9-12,17-20H,5-8,13-16H2,1-4H3;2*(H,6,7);/q;;;+2/p-2/t17-,18-,19-,20-;;;/m1.../s1. The van der Waals surface area contributed by atoms with Crippen LogP contribution in [-0.4, -0.2) is 46.9 Å². The number of carbonyl (C=O) groups excluding carboxylic acids is 2. The number of carbonyl (C=O) groups is 2. The van der Waals surface area contributed by atoms with E-state index in [9.17, 15) is 26.3 Å². The topological polar surface area (TPSA) is 80.3 Å². The zero-order valence-electron chi connectivity index (χ0n) is 22.4. The first-order chi connectivity index (χ1) is 17.6. The molecular formula is C26H36F6O4P2Ru. The second kappa shape index (κ2) is 17.2. The number of aliphatic carboxylic acids is 2. The minimum absolute atomic E-state index is 0. The molecule has 4 nitrogen and oxygen atoms in total. The number of benzene rings is 1. The van der Waals surface area contributed by atoms with Crippen molar-refractivity contribution in [1.82, 2.24) is 0 Å². The van der Waals surface area contributed by atoms with Gasteiger partial charge < -0.3 is 19.8 Å². The fourth-order valence-electron chi connectivity index (χ4n) is 5.21. The Bertz CT molecular complexity index is 805. The van der Waals surface area contributed by atoms with E-state index in [-0.39, 0.29) is 35.3 Å². The number of hydrogen-bond acceptors (Lipinski definition) is 4. The maximum absolute atomic E-state index is 10.5. The van der Waals surface area contributed by atoms with Crippen molar-refractivity contribution in [3.63, 3.8) is 0 Å². The molecule has 0 radical (unpaired) electrons. The summed E-state index contributed by atoms with van der Waals surface area (Å²) in [5.74, 6) is -6.01. The summed E-state index contributed by atoms with van der Waals surface area (Å²) in [6, 6.07) is 9.79. The van der Waals surface area contributed by atoms with Crippen LogP contribution in [0.5, 0.6) is 0 Å². The summed E-state index contributed by atoms with van der Waals surface area (Å²) in [5, 5.41) is 21.3. The molecule has 2 aliphatic heterocycles. The van der Waals surface area contributed by atoms with Crippen molar-refractivity contribution in [3.05, 3.63) is 24.3 Å². The van der Waals surface area contributed by atoms with E-state index in [4.69, 9.17) is 19.8 Å². The van der Waals surface area contributed by atoms with Crippen LogP contribution in [0, 0.1) is 0 Å². The average molecular weight is 690 g/mol. The van der Waals surface area contributed by atoms with Gasteiger partial charge in [0.25, 0.3) is 0 Å². The third-order valence-corrected chi connectivity index (χ3v) is 14.7. The van der Waals surface area contributed by atoms with Gasteiger partial charge in [-0.25, -0.2) is 0 Å². The Labute approximate surface area is 242 Å². The zero-order valence-corrected chi connectivity index (χ0v) is 26.0. The van der Waals surface area contributed by atoms with E-state index in [0.29, 0.717) is 0 Å². The Kier molecular flexibility index (Phi) is 16.9. The van der Waals surface area contributed by atoms with Crippen molar-refractivity contribution < 1.29 is 65.6 Å². The van der Waals surface area contributed by atoms with Crippen LogP contribution in [0.1, 0.15) is 79.1 Å². The normalized spacial score (nSPS) is 23.6. The predicted octanol–water partition coefficient (Wildman–Crippen LogP) is 5.20. The van der Waals surface area contributed by atoms with Crippen molar-refractivity contribution >= 4 is 38.4 Å². The number of carboxylic acids is 2. The molecule has 0 saturated carbocycles. The molecule has 2 saturated heterocycles. The number of carboxylic acid groups (broad SMARTS) is 2. The Morgan fingerprint density at radius 1 is 0.667 bits per heavy atom. The number of alkyl halides is 6. The average Bonchev–Trinajstić information content (AvgIpc) is 3.46. The first kappa shape index (κ1) is 38.2. The van der Waals surface area contributed by atoms with E-state index >= 15 is 0 Å². The molecule has 1 aromatic carbocycles. The molecule has 2 aliphatic rings. The summed E-state index contributed by atoms with van der Waals surface area (Å²) in [4.78, 5) is 17.6. The van der Waals surface area contributed by atoms with Crippen LogP contribution in [0.15, 0.2) is 24.3 Å². The van der Waals surface area contributed by atoms with Gasteiger partial charge >= 0.3 is 31.8 Å². The first-order valence-corrected chi connectivity index (χ1v) is 15.8. The monoisotopic (exact) mass is 690 g/mol. The maximum Gasteiger partial charge on any atom is 2.00 e. The third-order valence-electron chi connectivity index (χ3n) is 7.03. The molecule has 0 amide bonds. The largest absolute Gasteiger partial charge is 2.00 e. The van der Waals surface area contributed by atoms with Gasteiger partial charge in [0.05, 0.1) is 0 Å². The molecule has 0 aromatic heterocycles. The second-order valence-corrected chi connectivity index (χ2v) is 14.8. The first-order valence-electron chi connectivity index (χ1n) is 12.9. The van der Waals surface area contributed by atoms with Gasteiger partial charge in [-0.15, -0.1) is 0 Å². The van der Waals surface area contributed by atoms with E-state index in [1.807, 2.05) is 10.6 Å². The minimum atomic E-state index is -5.19. The van der Waals surface area contributed by atoms with Crippen LogP contribution < -0.4 is 20.8 Å². The van der Waals surface area contributed by atoms with Crippen molar-refractivity contribution in [1.29, 1.82) is 0 Å². The fraction of sp³-hybridized carbons (Fsp3) is 0.692. The van der Waals surface area contributed by atoms with Gasteiger partial charge in [0.15, 0.2) is 0 Å². The molecule has 13 heteroatoms. The number of halogens is 6. The van der Waals surface area contributed by atoms with Gasteiger partial charge in [0, 0.05) is 0 Å². The summed E-state index contributed by atoms with van der Waals surface area (Å²) in [6.45, 7) is 9.74. The van der Waals surface area contributed by atoms with Crippen molar-refractivity contribution in [2.24, 2.45) is 0 Å². The SMILES string of the molecule is CC[C@@H]1CC[C@@H](CC)P1c1ccccc1P1[C@H](CC)CC[C@H]1CC.O=C([O-])C(F)(F)F.O=C([O-])C(F)(F)F.[Ru+2].